The summed E-state index contributed by atoms with van der Waals surface area (Å²) in [6.45, 7) is 0.0688. The van der Waals surface area contributed by atoms with Crippen LogP contribution >= 0.6 is 11.3 Å². The number of hydrogen-bond acceptors (Lipinski definition) is 4. The first-order valence-electron chi connectivity index (χ1n) is 8.84. The average Bonchev–Trinajstić information content (AvgIpc) is 2.97. The number of carbonyl (C=O) groups is 1. The van der Waals surface area contributed by atoms with Crippen LogP contribution in [0.3, 0.4) is 0 Å². The van der Waals surface area contributed by atoms with Gasteiger partial charge in [0.15, 0.2) is 0 Å². The van der Waals surface area contributed by atoms with Crippen LogP contribution in [0.15, 0.2) is 22.6 Å². The highest BCUT2D eigenvalue weighted by Crippen LogP contribution is 2.55. The molecule has 0 unspecified atom stereocenters. The van der Waals surface area contributed by atoms with Gasteiger partial charge in [-0.2, -0.15) is 0 Å². The summed E-state index contributed by atoms with van der Waals surface area (Å²) in [5.41, 5.74) is -0.128. The molecule has 0 atom stereocenters. The average molecular weight is 343 g/mol. The van der Waals surface area contributed by atoms with Gasteiger partial charge in [0, 0.05) is 5.54 Å². The van der Waals surface area contributed by atoms with E-state index in [1.54, 1.807) is 6.07 Å². The molecule has 6 rings (SSSR count). The van der Waals surface area contributed by atoms with Crippen LogP contribution in [0.5, 0.6) is 0 Å². The number of rotatable bonds is 3. The number of carbonyl (C=O) groups excluding carboxylic acids is 1. The molecule has 4 fully saturated rings. The Hall–Kier alpha value is -1.69. The lowest BCUT2D eigenvalue weighted by Gasteiger charge is -2.56. The van der Waals surface area contributed by atoms with E-state index in [0.717, 1.165) is 41.8 Å². The molecule has 0 aliphatic heterocycles. The third kappa shape index (κ3) is 2.31. The highest BCUT2D eigenvalue weighted by molar-refractivity contribution is 7.16. The van der Waals surface area contributed by atoms with Crippen molar-refractivity contribution < 1.29 is 4.79 Å². The third-order valence-electron chi connectivity index (χ3n) is 6.21. The Kier molecular flexibility index (Phi) is 3.14. The summed E-state index contributed by atoms with van der Waals surface area (Å²) in [5.74, 6) is 2.34. The number of nitrogens with one attached hydrogen (secondary N) is 1. The van der Waals surface area contributed by atoms with Gasteiger partial charge in [-0.1, -0.05) is 0 Å². The summed E-state index contributed by atoms with van der Waals surface area (Å²) in [4.78, 5) is 30.1. The monoisotopic (exact) mass is 343 g/mol. The second-order valence-electron chi connectivity index (χ2n) is 8.06. The molecule has 4 aliphatic rings. The zero-order valence-electron chi connectivity index (χ0n) is 13.5. The molecule has 4 saturated carbocycles. The van der Waals surface area contributed by atoms with Gasteiger partial charge in [0.2, 0.25) is 5.91 Å². The quantitative estimate of drug-likeness (QED) is 0.931. The second kappa shape index (κ2) is 5.15. The fourth-order valence-corrected chi connectivity index (χ4v) is 6.48. The van der Waals surface area contributed by atoms with Gasteiger partial charge in [-0.3, -0.25) is 14.2 Å². The lowest BCUT2D eigenvalue weighted by atomic mass is 9.53. The molecule has 0 aromatic carbocycles. The van der Waals surface area contributed by atoms with Crippen molar-refractivity contribution in [3.63, 3.8) is 0 Å². The molecule has 5 nitrogen and oxygen atoms in total. The van der Waals surface area contributed by atoms with Crippen LogP contribution < -0.4 is 10.9 Å². The molecule has 2 heterocycles. The number of thiophene rings is 1. The van der Waals surface area contributed by atoms with Gasteiger partial charge < -0.3 is 5.32 Å². The topological polar surface area (TPSA) is 64.0 Å². The van der Waals surface area contributed by atoms with E-state index in [4.69, 9.17) is 0 Å². The first-order chi connectivity index (χ1) is 11.6. The minimum atomic E-state index is -0.123. The van der Waals surface area contributed by atoms with Gasteiger partial charge in [-0.15, -0.1) is 11.3 Å². The number of aromatic nitrogens is 2. The van der Waals surface area contributed by atoms with Crippen LogP contribution in [0.4, 0.5) is 0 Å². The molecular weight excluding hydrogens is 322 g/mol. The van der Waals surface area contributed by atoms with Crippen LogP contribution in [0, 0.1) is 17.8 Å². The Morgan fingerprint density at radius 1 is 1.25 bits per heavy atom. The number of nitrogens with zero attached hydrogens (tertiary/aromatic N) is 2. The van der Waals surface area contributed by atoms with Gasteiger partial charge in [0.05, 0.1) is 11.7 Å². The van der Waals surface area contributed by atoms with Gasteiger partial charge >= 0.3 is 0 Å². The maximum Gasteiger partial charge on any atom is 0.262 e. The Morgan fingerprint density at radius 2 is 1.92 bits per heavy atom. The van der Waals surface area contributed by atoms with Crippen molar-refractivity contribution in [1.82, 2.24) is 14.9 Å². The maximum absolute atomic E-state index is 12.6. The van der Waals surface area contributed by atoms with Crippen LogP contribution in [0.2, 0.25) is 0 Å². The van der Waals surface area contributed by atoms with Gasteiger partial charge in [-0.25, -0.2) is 4.98 Å². The molecular formula is C18H21N3O2S. The lowest BCUT2D eigenvalue weighted by Crippen LogP contribution is -2.60. The summed E-state index contributed by atoms with van der Waals surface area (Å²) < 4.78 is 1.44. The smallest absolute Gasteiger partial charge is 0.262 e. The molecule has 2 aromatic rings. The van der Waals surface area contributed by atoms with Gasteiger partial charge in [0.1, 0.15) is 11.4 Å². The normalized spacial score (nSPS) is 33.9. The Balaban J connectivity index is 1.35. The standard InChI is InChI=1S/C18H21N3O2S/c22-15(9-21-10-19-16-14(17(21)23)1-2-24-16)20-18-6-11-3-12(7-18)5-13(4-11)8-18/h1-2,10-13H,3-9H2,(H,20,22). The molecule has 4 bridgehead atoms. The van der Waals surface area contributed by atoms with E-state index < -0.39 is 0 Å². The van der Waals surface area contributed by atoms with E-state index in [1.807, 2.05) is 5.38 Å². The zero-order valence-corrected chi connectivity index (χ0v) is 14.3. The van der Waals surface area contributed by atoms with Crippen molar-refractivity contribution in [2.75, 3.05) is 0 Å². The number of fused-ring (bicyclic) bond motifs is 1. The highest BCUT2D eigenvalue weighted by Gasteiger charge is 2.51. The highest BCUT2D eigenvalue weighted by atomic mass is 32.1. The van der Waals surface area contributed by atoms with E-state index in [9.17, 15) is 9.59 Å². The lowest BCUT2D eigenvalue weighted by molar-refractivity contribution is -0.127. The summed E-state index contributed by atoms with van der Waals surface area (Å²) >= 11 is 1.45. The minimum absolute atomic E-state index is 0.00461. The molecule has 4 aliphatic carbocycles. The van der Waals surface area contributed by atoms with E-state index in [2.05, 4.69) is 10.3 Å². The van der Waals surface area contributed by atoms with Crippen molar-refractivity contribution in [3.05, 3.63) is 28.1 Å². The number of amides is 1. The van der Waals surface area contributed by atoms with Crippen LogP contribution in [0.25, 0.3) is 10.2 Å². The van der Waals surface area contributed by atoms with Crippen molar-refractivity contribution in [2.24, 2.45) is 17.8 Å². The SMILES string of the molecule is O=C(Cn1cnc2sccc2c1=O)NC12CC3CC(CC(C3)C1)C2. The van der Waals surface area contributed by atoms with E-state index in [1.165, 1.54) is 41.5 Å². The third-order valence-corrected chi connectivity index (χ3v) is 7.03. The number of hydrogen-bond donors (Lipinski definition) is 1. The van der Waals surface area contributed by atoms with Crippen LogP contribution in [-0.4, -0.2) is 21.0 Å². The van der Waals surface area contributed by atoms with Crippen molar-refractivity contribution in [2.45, 2.75) is 50.6 Å². The maximum atomic E-state index is 12.6. The van der Waals surface area contributed by atoms with Gasteiger partial charge in [0.25, 0.3) is 5.56 Å². The molecule has 24 heavy (non-hydrogen) atoms. The Morgan fingerprint density at radius 3 is 2.58 bits per heavy atom. The first-order valence-corrected chi connectivity index (χ1v) is 9.72. The predicted molar refractivity (Wildman–Crippen MR) is 92.9 cm³/mol. The molecule has 1 amide bonds. The molecule has 6 heteroatoms. The van der Waals surface area contributed by atoms with Crippen molar-refractivity contribution >= 4 is 27.5 Å². The fourth-order valence-electron chi connectivity index (χ4n) is 5.76. The van der Waals surface area contributed by atoms with Crippen LogP contribution in [0.1, 0.15) is 38.5 Å². The van der Waals surface area contributed by atoms with Crippen molar-refractivity contribution in [3.8, 4) is 0 Å². The largest absolute Gasteiger partial charge is 0.349 e. The Labute approximate surface area is 144 Å². The Bertz CT molecular complexity index is 833. The van der Waals surface area contributed by atoms with Crippen molar-refractivity contribution in [1.29, 1.82) is 0 Å². The second-order valence-corrected chi connectivity index (χ2v) is 8.96. The molecule has 0 radical (unpaired) electrons. The predicted octanol–water partition coefficient (Wildman–Crippen LogP) is 2.54. The van der Waals surface area contributed by atoms with E-state index >= 15 is 0 Å². The minimum Gasteiger partial charge on any atom is -0.349 e. The molecule has 1 N–H and O–H groups in total. The summed E-state index contributed by atoms with van der Waals surface area (Å²) in [6.07, 6.45) is 8.94. The zero-order chi connectivity index (χ0) is 16.3. The molecule has 126 valence electrons. The summed E-state index contributed by atoms with van der Waals surface area (Å²) in [6, 6.07) is 1.78. The summed E-state index contributed by atoms with van der Waals surface area (Å²) in [5, 5.41) is 5.78. The molecule has 2 aromatic heterocycles. The van der Waals surface area contributed by atoms with Crippen LogP contribution in [-0.2, 0) is 11.3 Å². The molecule has 0 spiro atoms. The fraction of sp³-hybridized carbons (Fsp3) is 0.611. The first kappa shape index (κ1) is 14.6. The van der Waals surface area contributed by atoms with E-state index in [0.29, 0.717) is 5.39 Å². The summed E-state index contributed by atoms with van der Waals surface area (Å²) in [7, 11) is 0. The molecule has 0 saturated heterocycles. The van der Waals surface area contributed by atoms with Gasteiger partial charge in [-0.05, 0) is 67.7 Å². The van der Waals surface area contributed by atoms with E-state index in [-0.39, 0.29) is 23.6 Å².